The number of rotatable bonds is 5. The molecule has 2 aromatic rings. The van der Waals surface area contributed by atoms with Crippen LogP contribution in [0.15, 0.2) is 24.4 Å². The molecule has 0 saturated heterocycles. The molecule has 3 heteroatoms. The standard InChI is InChI=1S/C17H25N3/c1-12(2)20-11-14(10-19-15-4-3-5-15)16-8-13(9-18)6-7-17(16)20/h6-8,11-12,15,19H,3-5,9-10,18H2,1-2H3. The van der Waals surface area contributed by atoms with Crippen LogP contribution in [0.3, 0.4) is 0 Å². The molecule has 1 saturated carbocycles. The summed E-state index contributed by atoms with van der Waals surface area (Å²) in [7, 11) is 0. The van der Waals surface area contributed by atoms with E-state index in [-0.39, 0.29) is 0 Å². The molecule has 3 N–H and O–H groups in total. The van der Waals surface area contributed by atoms with Crippen molar-refractivity contribution in [1.29, 1.82) is 0 Å². The molecule has 1 aliphatic carbocycles. The van der Waals surface area contributed by atoms with Gasteiger partial charge >= 0.3 is 0 Å². The third-order valence-corrected chi connectivity index (χ3v) is 4.46. The molecule has 0 aliphatic heterocycles. The minimum Gasteiger partial charge on any atom is -0.345 e. The molecule has 1 aromatic carbocycles. The van der Waals surface area contributed by atoms with Gasteiger partial charge in [0.2, 0.25) is 0 Å². The minimum absolute atomic E-state index is 0.485. The van der Waals surface area contributed by atoms with Gasteiger partial charge < -0.3 is 15.6 Å². The number of benzene rings is 1. The molecular weight excluding hydrogens is 246 g/mol. The molecule has 1 heterocycles. The Balaban J connectivity index is 1.95. The van der Waals surface area contributed by atoms with E-state index in [1.165, 1.54) is 41.3 Å². The monoisotopic (exact) mass is 271 g/mol. The van der Waals surface area contributed by atoms with E-state index in [4.69, 9.17) is 5.73 Å². The summed E-state index contributed by atoms with van der Waals surface area (Å²) >= 11 is 0. The Morgan fingerprint density at radius 1 is 1.35 bits per heavy atom. The quantitative estimate of drug-likeness (QED) is 0.876. The number of aromatic nitrogens is 1. The predicted molar refractivity (Wildman–Crippen MR) is 84.7 cm³/mol. The van der Waals surface area contributed by atoms with Crippen molar-refractivity contribution in [2.24, 2.45) is 5.73 Å². The van der Waals surface area contributed by atoms with Crippen molar-refractivity contribution in [2.75, 3.05) is 0 Å². The second-order valence-corrected chi connectivity index (χ2v) is 6.22. The van der Waals surface area contributed by atoms with Crippen molar-refractivity contribution < 1.29 is 0 Å². The van der Waals surface area contributed by atoms with Gasteiger partial charge in [0.1, 0.15) is 0 Å². The van der Waals surface area contributed by atoms with E-state index in [0.29, 0.717) is 12.6 Å². The zero-order chi connectivity index (χ0) is 14.1. The average Bonchev–Trinajstić information content (AvgIpc) is 2.75. The van der Waals surface area contributed by atoms with Crippen LogP contribution in [0, 0.1) is 0 Å². The van der Waals surface area contributed by atoms with Gasteiger partial charge in [-0.15, -0.1) is 0 Å². The van der Waals surface area contributed by atoms with Crippen LogP contribution in [0.5, 0.6) is 0 Å². The zero-order valence-electron chi connectivity index (χ0n) is 12.5. The topological polar surface area (TPSA) is 43.0 Å². The van der Waals surface area contributed by atoms with Crippen LogP contribution >= 0.6 is 0 Å². The second kappa shape index (κ2) is 5.58. The van der Waals surface area contributed by atoms with Crippen molar-refractivity contribution in [2.45, 2.75) is 58.3 Å². The highest BCUT2D eigenvalue weighted by molar-refractivity contribution is 5.85. The Morgan fingerprint density at radius 3 is 2.75 bits per heavy atom. The van der Waals surface area contributed by atoms with Crippen LogP contribution < -0.4 is 11.1 Å². The van der Waals surface area contributed by atoms with Crippen LogP contribution in [-0.4, -0.2) is 10.6 Å². The number of hydrogen-bond donors (Lipinski definition) is 2. The number of nitrogens with one attached hydrogen (secondary N) is 1. The molecule has 3 nitrogen and oxygen atoms in total. The molecule has 1 aliphatic rings. The van der Waals surface area contributed by atoms with E-state index in [1.54, 1.807) is 0 Å². The largest absolute Gasteiger partial charge is 0.345 e. The molecule has 0 unspecified atom stereocenters. The summed E-state index contributed by atoms with van der Waals surface area (Å²) in [6, 6.07) is 7.82. The van der Waals surface area contributed by atoms with E-state index >= 15 is 0 Å². The van der Waals surface area contributed by atoms with Crippen LogP contribution in [0.2, 0.25) is 0 Å². The van der Waals surface area contributed by atoms with E-state index in [2.05, 4.69) is 48.1 Å². The zero-order valence-corrected chi connectivity index (χ0v) is 12.5. The number of nitrogens with two attached hydrogens (primary N) is 1. The SMILES string of the molecule is CC(C)n1cc(CNC2CCC2)c2cc(CN)ccc21. The minimum atomic E-state index is 0.485. The Hall–Kier alpha value is -1.32. The van der Waals surface area contributed by atoms with E-state index in [1.807, 2.05) is 0 Å². The van der Waals surface area contributed by atoms with Crippen LogP contribution in [0.1, 0.15) is 50.3 Å². The van der Waals surface area contributed by atoms with Gasteiger partial charge in [0.05, 0.1) is 0 Å². The lowest BCUT2D eigenvalue weighted by Gasteiger charge is -2.26. The first-order chi connectivity index (χ1) is 9.69. The van der Waals surface area contributed by atoms with Crippen molar-refractivity contribution in [3.63, 3.8) is 0 Å². The number of nitrogens with zero attached hydrogens (tertiary/aromatic N) is 1. The number of hydrogen-bond acceptors (Lipinski definition) is 2. The molecule has 0 spiro atoms. The Kier molecular flexibility index (Phi) is 3.81. The summed E-state index contributed by atoms with van der Waals surface area (Å²) in [6.07, 6.45) is 6.35. The van der Waals surface area contributed by atoms with Gasteiger partial charge in [-0.2, -0.15) is 0 Å². The molecular formula is C17H25N3. The van der Waals surface area contributed by atoms with E-state index in [9.17, 15) is 0 Å². The fourth-order valence-corrected chi connectivity index (χ4v) is 2.93. The Bertz CT molecular complexity index is 594. The molecule has 108 valence electrons. The van der Waals surface area contributed by atoms with Crippen LogP contribution in [0.4, 0.5) is 0 Å². The predicted octanol–water partition coefficient (Wildman–Crippen LogP) is 3.32. The first kappa shape index (κ1) is 13.7. The summed E-state index contributed by atoms with van der Waals surface area (Å²) in [5, 5.41) is 5.03. The molecule has 0 radical (unpaired) electrons. The molecule has 3 rings (SSSR count). The summed E-state index contributed by atoms with van der Waals surface area (Å²) in [4.78, 5) is 0. The smallest absolute Gasteiger partial charge is 0.0486 e. The maximum Gasteiger partial charge on any atom is 0.0486 e. The lowest BCUT2D eigenvalue weighted by molar-refractivity contribution is 0.338. The van der Waals surface area contributed by atoms with Crippen molar-refractivity contribution in [3.8, 4) is 0 Å². The van der Waals surface area contributed by atoms with Crippen molar-refractivity contribution in [1.82, 2.24) is 9.88 Å². The third-order valence-electron chi connectivity index (χ3n) is 4.46. The van der Waals surface area contributed by atoms with Gasteiger partial charge in [0, 0.05) is 42.3 Å². The summed E-state index contributed by atoms with van der Waals surface area (Å²) in [6.45, 7) is 6.05. The van der Waals surface area contributed by atoms with Crippen molar-refractivity contribution >= 4 is 10.9 Å². The lowest BCUT2D eigenvalue weighted by Crippen LogP contribution is -2.34. The van der Waals surface area contributed by atoms with Gasteiger partial charge in [-0.05, 0) is 49.9 Å². The lowest BCUT2D eigenvalue weighted by atomic mass is 9.93. The second-order valence-electron chi connectivity index (χ2n) is 6.22. The maximum absolute atomic E-state index is 5.79. The van der Waals surface area contributed by atoms with Crippen molar-refractivity contribution in [3.05, 3.63) is 35.5 Å². The highest BCUT2D eigenvalue weighted by Crippen LogP contribution is 2.27. The first-order valence-electron chi connectivity index (χ1n) is 7.75. The fourth-order valence-electron chi connectivity index (χ4n) is 2.93. The normalized spacial score (nSPS) is 16.0. The highest BCUT2D eigenvalue weighted by atomic mass is 15.0. The molecule has 0 atom stereocenters. The molecule has 0 amide bonds. The van der Waals surface area contributed by atoms with Gasteiger partial charge in [-0.3, -0.25) is 0 Å². The van der Waals surface area contributed by atoms with E-state index in [0.717, 1.165) is 12.6 Å². The number of fused-ring (bicyclic) bond motifs is 1. The van der Waals surface area contributed by atoms with Gasteiger partial charge in [0.15, 0.2) is 0 Å². The maximum atomic E-state index is 5.79. The van der Waals surface area contributed by atoms with E-state index < -0.39 is 0 Å². The van der Waals surface area contributed by atoms with Gasteiger partial charge in [0.25, 0.3) is 0 Å². The molecule has 1 aromatic heterocycles. The van der Waals surface area contributed by atoms with Gasteiger partial charge in [-0.1, -0.05) is 12.5 Å². The van der Waals surface area contributed by atoms with Crippen LogP contribution in [0.25, 0.3) is 10.9 Å². The summed E-state index contributed by atoms with van der Waals surface area (Å²) < 4.78 is 2.37. The first-order valence-corrected chi connectivity index (χ1v) is 7.75. The summed E-state index contributed by atoms with van der Waals surface area (Å²) in [5.74, 6) is 0. The molecule has 20 heavy (non-hydrogen) atoms. The van der Waals surface area contributed by atoms with Crippen LogP contribution in [-0.2, 0) is 13.1 Å². The van der Waals surface area contributed by atoms with Gasteiger partial charge in [-0.25, -0.2) is 0 Å². The third kappa shape index (κ3) is 2.48. The molecule has 0 bridgehead atoms. The highest BCUT2D eigenvalue weighted by Gasteiger charge is 2.18. The molecule has 1 fully saturated rings. The fraction of sp³-hybridized carbons (Fsp3) is 0.529. The Labute approximate surface area is 121 Å². The Morgan fingerprint density at radius 2 is 2.15 bits per heavy atom. The average molecular weight is 271 g/mol. The summed E-state index contributed by atoms with van der Waals surface area (Å²) in [5.41, 5.74) is 9.72.